The molecule has 22 heavy (non-hydrogen) atoms. The van der Waals surface area contributed by atoms with Crippen molar-refractivity contribution in [2.24, 2.45) is 0 Å². The van der Waals surface area contributed by atoms with Gasteiger partial charge in [-0.2, -0.15) is 0 Å². The molecule has 0 aliphatic heterocycles. The van der Waals surface area contributed by atoms with Gasteiger partial charge >= 0.3 is 5.97 Å². The highest BCUT2D eigenvalue weighted by Gasteiger charge is 2.16. The second-order valence-electron chi connectivity index (χ2n) is 5.97. The predicted molar refractivity (Wildman–Crippen MR) is 85.4 cm³/mol. The Morgan fingerprint density at radius 3 is 2.77 bits per heavy atom. The summed E-state index contributed by atoms with van der Waals surface area (Å²) in [4.78, 5) is 14.5. The summed E-state index contributed by atoms with van der Waals surface area (Å²) in [6.45, 7) is 7.16. The van der Waals surface area contributed by atoms with Crippen LogP contribution in [0.4, 0.5) is 0 Å². The molecule has 0 bridgehead atoms. The molecule has 0 aliphatic carbocycles. The van der Waals surface area contributed by atoms with E-state index in [0.717, 1.165) is 34.9 Å². The van der Waals surface area contributed by atoms with Crippen molar-refractivity contribution in [1.82, 2.24) is 4.98 Å². The van der Waals surface area contributed by atoms with Crippen molar-refractivity contribution < 1.29 is 38.0 Å². The van der Waals surface area contributed by atoms with E-state index in [1.165, 1.54) is 12.5 Å². The summed E-state index contributed by atoms with van der Waals surface area (Å²) in [5.41, 5.74) is 2.18. The van der Waals surface area contributed by atoms with E-state index in [1.807, 2.05) is 30.5 Å². The van der Waals surface area contributed by atoms with Gasteiger partial charge in [0.05, 0.1) is 27.2 Å². The zero-order valence-corrected chi connectivity index (χ0v) is 15.5. The Bertz CT molecular complexity index is 662. The lowest BCUT2D eigenvalue weighted by Gasteiger charge is -2.28. The number of carbonyl (C=O) groups excluding carboxylic acids is 1. The molecule has 0 saturated carbocycles. The molecule has 1 aromatic carbocycles. The number of hydrogen-bond acceptors (Lipinski definition) is 2. The molecule has 2 aromatic rings. The van der Waals surface area contributed by atoms with Crippen LogP contribution in [0.15, 0.2) is 37.1 Å². The molecule has 1 N–H and O–H groups in total. The molecule has 0 aliphatic rings. The zero-order chi connectivity index (χ0) is 15.5. The lowest BCUT2D eigenvalue weighted by Crippen LogP contribution is -3.00. The minimum atomic E-state index is -0.294. The Labute approximate surface area is 148 Å². The topological polar surface area (TPSA) is 42.1 Å². The normalized spacial score (nSPS) is 11.0. The Kier molecular flexibility index (Phi) is 6.62. The first-order valence-electron chi connectivity index (χ1n) is 7.13. The molecule has 1 aromatic heterocycles. The number of ether oxygens (including phenoxy) is 1. The first-order chi connectivity index (χ1) is 9.93. The van der Waals surface area contributed by atoms with Gasteiger partial charge in [-0.1, -0.05) is 12.6 Å². The van der Waals surface area contributed by atoms with Crippen LogP contribution in [0.2, 0.25) is 0 Å². The average molecular weight is 414 g/mol. The number of hydrogen-bond donors (Lipinski definition) is 1. The Hall–Kier alpha value is -1.34. The number of aromatic nitrogens is 1. The molecule has 0 unspecified atom stereocenters. The molecule has 2 rings (SSSR count). The summed E-state index contributed by atoms with van der Waals surface area (Å²) < 4.78 is 6.21. The number of halogens is 1. The largest absolute Gasteiger partial charge is 1.00 e. The number of esters is 1. The maximum absolute atomic E-state index is 11.2. The highest BCUT2D eigenvalue weighted by molar-refractivity contribution is 5.91. The Morgan fingerprint density at radius 1 is 1.41 bits per heavy atom. The van der Waals surface area contributed by atoms with Crippen molar-refractivity contribution in [2.75, 3.05) is 27.2 Å². The highest BCUT2D eigenvalue weighted by Crippen LogP contribution is 2.29. The average Bonchev–Trinajstić information content (AvgIpc) is 2.80. The molecule has 0 amide bonds. The monoisotopic (exact) mass is 414 g/mol. The molecule has 0 atom stereocenters. The van der Waals surface area contributed by atoms with Gasteiger partial charge < -0.3 is 38.2 Å². The van der Waals surface area contributed by atoms with Gasteiger partial charge in [-0.25, -0.2) is 0 Å². The van der Waals surface area contributed by atoms with Crippen LogP contribution in [0.5, 0.6) is 5.75 Å². The first kappa shape index (κ1) is 18.7. The van der Waals surface area contributed by atoms with Crippen molar-refractivity contribution >= 4 is 16.9 Å². The summed E-state index contributed by atoms with van der Waals surface area (Å²) >= 11 is 0. The van der Waals surface area contributed by atoms with Gasteiger partial charge in [-0.3, -0.25) is 4.79 Å². The fraction of sp³-hybridized carbons (Fsp3) is 0.353. The minimum absolute atomic E-state index is 0. The number of likely N-dealkylation sites (N-methyl/N-ethyl adjacent to an activating group) is 1. The number of carbonyl (C=O) groups is 1. The lowest BCUT2D eigenvalue weighted by atomic mass is 10.1. The van der Waals surface area contributed by atoms with Gasteiger partial charge in [0.1, 0.15) is 5.75 Å². The summed E-state index contributed by atoms with van der Waals surface area (Å²) in [5, 5.41) is 1.01. The Balaban J connectivity index is 0.00000242. The molecule has 120 valence electrons. The highest BCUT2D eigenvalue weighted by atomic mass is 127. The van der Waals surface area contributed by atoms with Gasteiger partial charge in [0.25, 0.3) is 0 Å². The van der Waals surface area contributed by atoms with E-state index in [1.54, 1.807) is 0 Å². The predicted octanol–water partition coefficient (Wildman–Crippen LogP) is -0.0979. The number of quaternary nitrogens is 1. The fourth-order valence-corrected chi connectivity index (χ4v) is 2.52. The Morgan fingerprint density at radius 2 is 2.14 bits per heavy atom. The molecule has 0 spiro atoms. The van der Waals surface area contributed by atoms with Crippen molar-refractivity contribution in [3.63, 3.8) is 0 Å². The van der Waals surface area contributed by atoms with Crippen LogP contribution >= 0.6 is 0 Å². The number of nitrogens with zero attached hydrogens (tertiary/aromatic N) is 1. The number of benzene rings is 1. The van der Waals surface area contributed by atoms with E-state index in [-0.39, 0.29) is 29.9 Å². The maximum atomic E-state index is 11.2. The smallest absolute Gasteiger partial charge is 0.308 e. The molecule has 4 nitrogen and oxygen atoms in total. The van der Waals surface area contributed by atoms with Crippen LogP contribution < -0.4 is 28.7 Å². The van der Waals surface area contributed by atoms with Gasteiger partial charge in [0, 0.05) is 30.4 Å². The van der Waals surface area contributed by atoms with Crippen LogP contribution in [0.1, 0.15) is 12.5 Å². The van der Waals surface area contributed by atoms with Gasteiger partial charge in [0.15, 0.2) is 0 Å². The van der Waals surface area contributed by atoms with E-state index in [4.69, 9.17) is 4.74 Å². The number of H-pyrrole nitrogens is 1. The summed E-state index contributed by atoms with van der Waals surface area (Å²) in [7, 11) is 4.37. The summed E-state index contributed by atoms with van der Waals surface area (Å²) in [6.07, 6.45) is 4.87. The van der Waals surface area contributed by atoms with E-state index in [2.05, 4.69) is 25.7 Å². The quantitative estimate of drug-likeness (QED) is 0.236. The lowest BCUT2D eigenvalue weighted by molar-refractivity contribution is -0.884. The van der Waals surface area contributed by atoms with Crippen LogP contribution in [0.25, 0.3) is 10.9 Å². The maximum Gasteiger partial charge on any atom is 0.308 e. The van der Waals surface area contributed by atoms with E-state index in [9.17, 15) is 4.79 Å². The van der Waals surface area contributed by atoms with Crippen LogP contribution in [0.3, 0.4) is 0 Å². The molecular formula is C17H23IN2O2. The number of fused-ring (bicyclic) bond motifs is 1. The third-order valence-electron chi connectivity index (χ3n) is 3.61. The van der Waals surface area contributed by atoms with Crippen molar-refractivity contribution in [3.05, 3.63) is 42.6 Å². The van der Waals surface area contributed by atoms with E-state index in [0.29, 0.717) is 5.75 Å². The second-order valence-corrected chi connectivity index (χ2v) is 5.97. The van der Waals surface area contributed by atoms with Crippen LogP contribution in [-0.4, -0.2) is 42.6 Å². The number of nitrogens with one attached hydrogen (secondary N) is 1. The molecule has 0 fully saturated rings. The van der Waals surface area contributed by atoms with Crippen molar-refractivity contribution in [3.8, 4) is 5.75 Å². The summed E-state index contributed by atoms with van der Waals surface area (Å²) in [6, 6.07) is 5.72. The van der Waals surface area contributed by atoms with Gasteiger partial charge in [-0.15, -0.1) is 0 Å². The van der Waals surface area contributed by atoms with E-state index >= 15 is 0 Å². The first-order valence-corrected chi connectivity index (χ1v) is 7.13. The second kappa shape index (κ2) is 7.78. The van der Waals surface area contributed by atoms with Crippen LogP contribution in [0, 0.1) is 0 Å². The standard InChI is InChI=1S/C17H23N2O2.HI/c1-5-10-19(3,4)11-9-14-12-18-15-7-6-8-16(17(14)15)21-13(2)20;/h5-8,12,18H,1,9-11H2,2-4H3;1H/q+1;/p-1. The van der Waals surface area contributed by atoms with Gasteiger partial charge in [0.2, 0.25) is 0 Å². The zero-order valence-electron chi connectivity index (χ0n) is 13.4. The number of aromatic amines is 1. The van der Waals surface area contributed by atoms with Crippen molar-refractivity contribution in [2.45, 2.75) is 13.3 Å². The minimum Gasteiger partial charge on any atom is -1.00 e. The number of rotatable bonds is 6. The third-order valence-corrected chi connectivity index (χ3v) is 3.61. The molecular weight excluding hydrogens is 391 g/mol. The van der Waals surface area contributed by atoms with Crippen molar-refractivity contribution in [1.29, 1.82) is 0 Å². The van der Waals surface area contributed by atoms with E-state index < -0.39 is 0 Å². The van der Waals surface area contributed by atoms with Gasteiger partial charge in [-0.05, 0) is 23.8 Å². The SMILES string of the molecule is C=CC[N+](C)(C)CCc1c[nH]c2cccc(OC(C)=O)c12.[I-]. The summed E-state index contributed by atoms with van der Waals surface area (Å²) in [5.74, 6) is 0.336. The molecule has 5 heteroatoms. The fourth-order valence-electron chi connectivity index (χ4n) is 2.52. The third kappa shape index (κ3) is 4.58. The molecule has 0 radical (unpaired) electrons. The molecule has 0 saturated heterocycles. The van der Waals surface area contributed by atoms with Crippen LogP contribution in [-0.2, 0) is 11.2 Å². The molecule has 1 heterocycles.